The average molecular weight is 951 g/mol. The summed E-state index contributed by atoms with van der Waals surface area (Å²) in [4.78, 5) is 12.6. The molecule has 4 atom stereocenters. The van der Waals surface area contributed by atoms with E-state index >= 15 is 0 Å². The molecule has 0 saturated heterocycles. The number of unbranched alkanes of at least 4 members (excludes halogenated alkanes) is 49. The van der Waals surface area contributed by atoms with E-state index in [1.807, 2.05) is 0 Å². The van der Waals surface area contributed by atoms with E-state index in [4.69, 9.17) is 0 Å². The maximum absolute atomic E-state index is 12.6. The second kappa shape index (κ2) is 56.2. The van der Waals surface area contributed by atoms with E-state index in [2.05, 4.69) is 19.2 Å². The van der Waals surface area contributed by atoms with Crippen LogP contribution in [0, 0.1) is 0 Å². The van der Waals surface area contributed by atoms with Crippen LogP contribution in [0.2, 0.25) is 0 Å². The molecule has 0 aliphatic heterocycles. The Balaban J connectivity index is 3.55. The standard InChI is InChI=1S/C61H123NO5/c1-3-5-7-9-11-13-15-17-19-21-23-25-27-28-29-30-31-33-35-37-39-41-43-45-47-49-51-53-55-59(65)61(67)62-57(56-63)60(66)58(64)54-52-50-48-46-44-42-40-38-36-34-32-26-24-22-20-18-16-14-12-10-8-6-4-2/h57-60,63-66H,3-56H2,1-2H3,(H,62,67). The molecule has 0 aromatic heterocycles. The number of carbonyl (C=O) groups excluding carboxylic acids is 1. The molecule has 6 nitrogen and oxygen atoms in total. The lowest BCUT2D eigenvalue weighted by atomic mass is 9.99. The van der Waals surface area contributed by atoms with Crippen molar-refractivity contribution in [3.05, 3.63) is 0 Å². The molecule has 0 bridgehead atoms. The second-order valence-electron chi connectivity index (χ2n) is 21.8. The maximum atomic E-state index is 12.6. The molecule has 0 aliphatic rings. The zero-order valence-electron chi connectivity index (χ0n) is 45.7. The van der Waals surface area contributed by atoms with Crippen LogP contribution in [0.5, 0.6) is 0 Å². The fourth-order valence-electron chi connectivity index (χ4n) is 10.2. The summed E-state index contributed by atoms with van der Waals surface area (Å²) in [7, 11) is 0. The summed E-state index contributed by atoms with van der Waals surface area (Å²) in [5.41, 5.74) is 0. The van der Waals surface area contributed by atoms with Gasteiger partial charge in [-0.15, -0.1) is 0 Å². The molecule has 5 N–H and O–H groups in total. The highest BCUT2D eigenvalue weighted by atomic mass is 16.3. The molecule has 1 amide bonds. The fraction of sp³-hybridized carbons (Fsp3) is 0.984. The highest BCUT2D eigenvalue weighted by Crippen LogP contribution is 2.19. The lowest BCUT2D eigenvalue weighted by Gasteiger charge is -2.27. The first-order chi connectivity index (χ1) is 33.0. The quantitative estimate of drug-likeness (QED) is 0.0390. The van der Waals surface area contributed by atoms with Crippen LogP contribution in [0.15, 0.2) is 0 Å². The van der Waals surface area contributed by atoms with Gasteiger partial charge in [0.25, 0.3) is 0 Å². The van der Waals surface area contributed by atoms with E-state index in [0.29, 0.717) is 12.8 Å². The SMILES string of the molecule is CCCCCCCCCCCCCCCCCCCCCCCCCCCCCCC(O)C(=O)NC(CO)C(O)C(O)CCCCCCCCCCCCCCCCCCCCCCCCC. The van der Waals surface area contributed by atoms with Crippen molar-refractivity contribution < 1.29 is 25.2 Å². The fourth-order valence-corrected chi connectivity index (χ4v) is 10.2. The van der Waals surface area contributed by atoms with Gasteiger partial charge >= 0.3 is 0 Å². The molecule has 0 heterocycles. The van der Waals surface area contributed by atoms with Crippen LogP contribution in [-0.2, 0) is 4.79 Å². The third-order valence-corrected chi connectivity index (χ3v) is 15.1. The van der Waals surface area contributed by atoms with E-state index in [9.17, 15) is 25.2 Å². The molecule has 0 fully saturated rings. The van der Waals surface area contributed by atoms with Crippen molar-refractivity contribution in [2.75, 3.05) is 6.61 Å². The molecule has 4 unspecified atom stereocenters. The number of amides is 1. The van der Waals surface area contributed by atoms with Crippen LogP contribution in [0.3, 0.4) is 0 Å². The molecule has 0 aromatic rings. The molecular weight excluding hydrogens is 827 g/mol. The van der Waals surface area contributed by atoms with Crippen molar-refractivity contribution in [2.24, 2.45) is 0 Å². The normalized spacial score (nSPS) is 13.6. The molecule has 0 saturated carbocycles. The average Bonchev–Trinajstić information content (AvgIpc) is 3.33. The molecule has 6 heteroatoms. The van der Waals surface area contributed by atoms with Crippen molar-refractivity contribution in [2.45, 2.75) is 379 Å². The number of aliphatic hydroxyl groups is 4. The molecule has 0 spiro atoms. The van der Waals surface area contributed by atoms with Crippen molar-refractivity contribution >= 4 is 5.91 Å². The van der Waals surface area contributed by atoms with E-state index in [1.165, 1.54) is 289 Å². The van der Waals surface area contributed by atoms with Gasteiger partial charge in [-0.25, -0.2) is 0 Å². The molecule has 0 rings (SSSR count). The zero-order chi connectivity index (χ0) is 48.8. The zero-order valence-corrected chi connectivity index (χ0v) is 45.7. The Hall–Kier alpha value is -0.690. The van der Waals surface area contributed by atoms with Crippen LogP contribution >= 0.6 is 0 Å². The molecular formula is C61H123NO5. The Bertz CT molecular complexity index is 933. The molecule has 67 heavy (non-hydrogen) atoms. The monoisotopic (exact) mass is 950 g/mol. The maximum Gasteiger partial charge on any atom is 0.249 e. The number of hydrogen-bond acceptors (Lipinski definition) is 5. The lowest BCUT2D eigenvalue weighted by molar-refractivity contribution is -0.132. The molecule has 402 valence electrons. The Kier molecular flexibility index (Phi) is 55.6. The van der Waals surface area contributed by atoms with Crippen molar-refractivity contribution in [1.29, 1.82) is 0 Å². The largest absolute Gasteiger partial charge is 0.394 e. The number of aliphatic hydroxyl groups excluding tert-OH is 4. The lowest BCUT2D eigenvalue weighted by Crippen LogP contribution is -2.53. The van der Waals surface area contributed by atoms with Crippen LogP contribution in [0.4, 0.5) is 0 Å². The third kappa shape index (κ3) is 50.1. The van der Waals surface area contributed by atoms with Crippen molar-refractivity contribution in [3.8, 4) is 0 Å². The second-order valence-corrected chi connectivity index (χ2v) is 21.8. The first-order valence-corrected chi connectivity index (χ1v) is 30.9. The minimum absolute atomic E-state index is 0.377. The van der Waals surface area contributed by atoms with Crippen LogP contribution in [0.1, 0.15) is 354 Å². The van der Waals surface area contributed by atoms with Gasteiger partial charge in [0.05, 0.1) is 18.8 Å². The van der Waals surface area contributed by atoms with E-state index in [-0.39, 0.29) is 0 Å². The van der Waals surface area contributed by atoms with Crippen LogP contribution in [0.25, 0.3) is 0 Å². The van der Waals surface area contributed by atoms with Crippen LogP contribution < -0.4 is 5.32 Å². The van der Waals surface area contributed by atoms with Gasteiger partial charge in [-0.1, -0.05) is 341 Å². The molecule has 0 aromatic carbocycles. The van der Waals surface area contributed by atoms with Gasteiger partial charge in [-0.2, -0.15) is 0 Å². The molecule has 0 aliphatic carbocycles. The Morgan fingerprint density at radius 1 is 0.313 bits per heavy atom. The summed E-state index contributed by atoms with van der Waals surface area (Å²) >= 11 is 0. The van der Waals surface area contributed by atoms with Crippen molar-refractivity contribution in [1.82, 2.24) is 5.32 Å². The smallest absolute Gasteiger partial charge is 0.249 e. The summed E-state index contributed by atoms with van der Waals surface area (Å²) in [6, 6.07) is -0.981. The predicted octanol–water partition coefficient (Wildman–Crippen LogP) is 18.3. The molecule has 0 radical (unpaired) electrons. The third-order valence-electron chi connectivity index (χ3n) is 15.1. The number of carbonyl (C=O) groups is 1. The van der Waals surface area contributed by atoms with Gasteiger partial charge in [0, 0.05) is 0 Å². The first-order valence-electron chi connectivity index (χ1n) is 30.9. The summed E-state index contributed by atoms with van der Waals surface area (Å²) < 4.78 is 0. The number of nitrogens with one attached hydrogen (secondary N) is 1. The first kappa shape index (κ1) is 66.3. The Morgan fingerprint density at radius 3 is 0.716 bits per heavy atom. The van der Waals surface area contributed by atoms with Gasteiger partial charge in [0.2, 0.25) is 5.91 Å². The van der Waals surface area contributed by atoms with E-state index in [0.717, 1.165) is 38.5 Å². The summed E-state index contributed by atoms with van der Waals surface area (Å²) in [6.45, 7) is 4.11. The van der Waals surface area contributed by atoms with E-state index < -0.39 is 36.9 Å². The van der Waals surface area contributed by atoms with Gasteiger partial charge < -0.3 is 25.7 Å². The number of rotatable bonds is 58. The summed E-state index contributed by atoms with van der Waals surface area (Å²) in [5.74, 6) is -0.574. The van der Waals surface area contributed by atoms with Crippen molar-refractivity contribution in [3.63, 3.8) is 0 Å². The summed E-state index contributed by atoms with van der Waals surface area (Å²) in [6.07, 6.45) is 66.2. The highest BCUT2D eigenvalue weighted by Gasteiger charge is 2.28. The Morgan fingerprint density at radius 2 is 0.507 bits per heavy atom. The minimum atomic E-state index is -1.26. The highest BCUT2D eigenvalue weighted by molar-refractivity contribution is 5.80. The predicted molar refractivity (Wildman–Crippen MR) is 293 cm³/mol. The summed E-state index contributed by atoms with van der Waals surface area (Å²) in [5, 5.41) is 44.1. The topological polar surface area (TPSA) is 110 Å². The van der Waals surface area contributed by atoms with Gasteiger partial charge in [-0.3, -0.25) is 4.79 Å². The minimum Gasteiger partial charge on any atom is -0.394 e. The Labute approximate surface area is 420 Å². The van der Waals surface area contributed by atoms with Gasteiger partial charge in [0.1, 0.15) is 12.2 Å². The van der Waals surface area contributed by atoms with Gasteiger partial charge in [-0.05, 0) is 12.8 Å². The number of hydrogen-bond donors (Lipinski definition) is 5. The van der Waals surface area contributed by atoms with E-state index in [1.54, 1.807) is 0 Å². The van der Waals surface area contributed by atoms with Gasteiger partial charge in [0.15, 0.2) is 0 Å². The van der Waals surface area contributed by atoms with Crippen LogP contribution in [-0.4, -0.2) is 57.3 Å².